The summed E-state index contributed by atoms with van der Waals surface area (Å²) in [4.78, 5) is 29.9. The number of benzene rings is 1. The van der Waals surface area contributed by atoms with Crippen molar-refractivity contribution < 1.29 is 23.7 Å². The molecular weight excluding hydrogens is 364 g/mol. The Morgan fingerprint density at radius 1 is 1.11 bits per heavy atom. The molecule has 3 aromatic rings. The summed E-state index contributed by atoms with van der Waals surface area (Å²) in [5.41, 5.74) is 3.91. The molecule has 0 saturated carbocycles. The lowest BCUT2D eigenvalue weighted by Crippen LogP contribution is -2.33. The summed E-state index contributed by atoms with van der Waals surface area (Å²) >= 11 is 0. The van der Waals surface area contributed by atoms with Crippen molar-refractivity contribution in [3.05, 3.63) is 51.3 Å². The van der Waals surface area contributed by atoms with E-state index in [9.17, 15) is 9.59 Å². The number of hydrogen-bond donors (Lipinski definition) is 0. The lowest BCUT2D eigenvalue weighted by atomic mass is 10.00. The van der Waals surface area contributed by atoms with Crippen molar-refractivity contribution in [3.63, 3.8) is 0 Å². The fourth-order valence-electron chi connectivity index (χ4n) is 4.13. The molecule has 140 valence electrons. The number of nitrogens with zero attached hydrogens (tertiary/aromatic N) is 2. The van der Waals surface area contributed by atoms with Crippen LogP contribution in [0.4, 0.5) is 0 Å². The lowest BCUT2D eigenvalue weighted by Gasteiger charge is -2.24. The van der Waals surface area contributed by atoms with Crippen LogP contribution < -0.4 is 15.0 Å². The Labute approximate surface area is 158 Å². The Kier molecular flexibility index (Phi) is 2.98. The average molecular weight is 378 g/mol. The lowest BCUT2D eigenvalue weighted by molar-refractivity contribution is -0.159. The number of ether oxygens (including phenoxy) is 4. The van der Waals surface area contributed by atoms with Gasteiger partial charge in [-0.3, -0.25) is 4.79 Å². The number of carbonyl (C=O) groups is 1. The first kappa shape index (κ1) is 15.6. The number of cyclic esters (lactones) is 1. The number of hydrogen-bond acceptors (Lipinski definition) is 7. The van der Waals surface area contributed by atoms with Gasteiger partial charge in [-0.15, -0.1) is 0 Å². The second-order valence-corrected chi connectivity index (χ2v) is 6.97. The van der Waals surface area contributed by atoms with Gasteiger partial charge in [0, 0.05) is 29.7 Å². The highest BCUT2D eigenvalue weighted by Gasteiger charge is 2.35. The van der Waals surface area contributed by atoms with Gasteiger partial charge in [0.15, 0.2) is 17.6 Å². The van der Waals surface area contributed by atoms with Crippen molar-refractivity contribution in [2.45, 2.75) is 19.3 Å². The third-order valence-electron chi connectivity index (χ3n) is 5.48. The summed E-state index contributed by atoms with van der Waals surface area (Å²) in [5, 5.41) is 0.918. The number of esters is 1. The molecule has 0 fully saturated rings. The highest BCUT2D eigenvalue weighted by molar-refractivity contribution is 5.87. The largest absolute Gasteiger partial charge is 0.458 e. The van der Waals surface area contributed by atoms with E-state index in [0.29, 0.717) is 34.9 Å². The summed E-state index contributed by atoms with van der Waals surface area (Å²) in [7, 11) is 1.42. The van der Waals surface area contributed by atoms with Gasteiger partial charge in [-0.25, -0.2) is 9.78 Å². The van der Waals surface area contributed by atoms with Crippen LogP contribution in [0.1, 0.15) is 22.8 Å². The van der Waals surface area contributed by atoms with Crippen LogP contribution >= 0.6 is 0 Å². The number of methoxy groups -OCH3 is 1. The van der Waals surface area contributed by atoms with Gasteiger partial charge in [0.05, 0.1) is 29.0 Å². The molecule has 0 unspecified atom stereocenters. The maximum atomic E-state index is 13.0. The Morgan fingerprint density at radius 3 is 2.75 bits per heavy atom. The van der Waals surface area contributed by atoms with Crippen LogP contribution in [0.5, 0.6) is 11.5 Å². The predicted molar refractivity (Wildman–Crippen MR) is 96.2 cm³/mol. The van der Waals surface area contributed by atoms with Crippen LogP contribution in [-0.4, -0.2) is 29.4 Å². The number of rotatable bonds is 1. The van der Waals surface area contributed by atoms with E-state index >= 15 is 0 Å². The van der Waals surface area contributed by atoms with Crippen LogP contribution in [0.25, 0.3) is 22.3 Å². The van der Waals surface area contributed by atoms with Gasteiger partial charge < -0.3 is 23.5 Å². The molecule has 0 aliphatic carbocycles. The van der Waals surface area contributed by atoms with Gasteiger partial charge in [-0.2, -0.15) is 0 Å². The fourth-order valence-corrected chi connectivity index (χ4v) is 4.13. The first-order chi connectivity index (χ1) is 13.6. The molecule has 2 aromatic heterocycles. The van der Waals surface area contributed by atoms with E-state index in [4.69, 9.17) is 23.9 Å². The molecule has 0 saturated heterocycles. The number of pyridine rings is 2. The van der Waals surface area contributed by atoms with Crippen molar-refractivity contribution in [3.8, 4) is 22.9 Å². The van der Waals surface area contributed by atoms with Gasteiger partial charge in [-0.05, 0) is 18.2 Å². The van der Waals surface area contributed by atoms with Crippen molar-refractivity contribution in [2.24, 2.45) is 0 Å². The zero-order valence-electron chi connectivity index (χ0n) is 14.9. The standard InChI is InChI=1S/C20H14N2O6/c1-25-18-11-4-14-17-10(6-22(14)19(23)12(11)7-26-20(18)24)2-9-3-15-16(28-8-27-15)5-13(9)21-17/h2-5,18H,6-8H2,1H3/t18-/m0/s1. The third-order valence-corrected chi connectivity index (χ3v) is 5.48. The summed E-state index contributed by atoms with van der Waals surface area (Å²) in [6, 6.07) is 7.57. The van der Waals surface area contributed by atoms with Gasteiger partial charge in [0.25, 0.3) is 5.56 Å². The molecule has 3 aliphatic rings. The van der Waals surface area contributed by atoms with E-state index in [0.717, 1.165) is 22.2 Å². The Balaban J connectivity index is 1.59. The summed E-state index contributed by atoms with van der Waals surface area (Å²) in [6.45, 7) is 0.574. The number of carbonyl (C=O) groups excluding carboxylic acids is 1. The Bertz CT molecular complexity index is 1260. The molecule has 28 heavy (non-hydrogen) atoms. The van der Waals surface area contributed by atoms with E-state index in [1.54, 1.807) is 4.57 Å². The minimum absolute atomic E-state index is 0.0414. The zero-order chi connectivity index (χ0) is 19.0. The molecule has 0 N–H and O–H groups in total. The molecule has 5 heterocycles. The smallest absolute Gasteiger partial charge is 0.340 e. The summed E-state index contributed by atoms with van der Waals surface area (Å²) < 4.78 is 22.9. The molecule has 0 amide bonds. The quantitative estimate of drug-likeness (QED) is 0.467. The highest BCUT2D eigenvalue weighted by atomic mass is 16.7. The van der Waals surface area contributed by atoms with Crippen molar-refractivity contribution in [1.82, 2.24) is 9.55 Å². The number of fused-ring (bicyclic) bond motifs is 6. The highest BCUT2D eigenvalue weighted by Crippen LogP contribution is 2.39. The number of aromatic nitrogens is 2. The SMILES string of the molecule is CO[C@@H]1C(=O)OCc2c1cc1n(c2=O)Cc2cc3cc4c(cc3nc2-1)OCO4. The zero-order valence-corrected chi connectivity index (χ0v) is 14.9. The van der Waals surface area contributed by atoms with Crippen LogP contribution in [0.15, 0.2) is 29.1 Å². The molecule has 6 rings (SSSR count). The van der Waals surface area contributed by atoms with Crippen LogP contribution in [0.2, 0.25) is 0 Å². The maximum Gasteiger partial charge on any atom is 0.340 e. The molecule has 1 aromatic carbocycles. The van der Waals surface area contributed by atoms with E-state index in [1.807, 2.05) is 24.3 Å². The van der Waals surface area contributed by atoms with Crippen LogP contribution in [-0.2, 0) is 27.4 Å². The fraction of sp³-hybridized carbons (Fsp3) is 0.250. The van der Waals surface area contributed by atoms with Crippen molar-refractivity contribution in [1.29, 1.82) is 0 Å². The molecule has 8 heteroatoms. The average Bonchev–Trinajstić information content (AvgIpc) is 3.28. The Morgan fingerprint density at radius 2 is 1.93 bits per heavy atom. The molecule has 0 bridgehead atoms. The molecule has 1 atom stereocenters. The van der Waals surface area contributed by atoms with E-state index in [-0.39, 0.29) is 19.0 Å². The minimum Gasteiger partial charge on any atom is -0.458 e. The van der Waals surface area contributed by atoms with Crippen molar-refractivity contribution in [2.75, 3.05) is 13.9 Å². The van der Waals surface area contributed by atoms with Gasteiger partial charge in [0.2, 0.25) is 6.79 Å². The topological polar surface area (TPSA) is 88.9 Å². The maximum absolute atomic E-state index is 13.0. The molecule has 0 spiro atoms. The normalized spacial score (nSPS) is 18.6. The summed E-state index contributed by atoms with van der Waals surface area (Å²) in [6.07, 6.45) is -0.902. The minimum atomic E-state index is -0.902. The van der Waals surface area contributed by atoms with Gasteiger partial charge >= 0.3 is 5.97 Å². The van der Waals surface area contributed by atoms with Crippen LogP contribution in [0, 0.1) is 0 Å². The van der Waals surface area contributed by atoms with Crippen LogP contribution in [0.3, 0.4) is 0 Å². The van der Waals surface area contributed by atoms with Crippen molar-refractivity contribution >= 4 is 16.9 Å². The summed E-state index contributed by atoms with van der Waals surface area (Å²) in [5.74, 6) is 0.857. The first-order valence-corrected chi connectivity index (χ1v) is 8.84. The second kappa shape index (κ2) is 5.32. The second-order valence-electron chi connectivity index (χ2n) is 6.97. The molecule has 3 aliphatic heterocycles. The first-order valence-electron chi connectivity index (χ1n) is 8.84. The van der Waals surface area contributed by atoms with Gasteiger partial charge in [-0.1, -0.05) is 0 Å². The Hall–Kier alpha value is -3.39. The predicted octanol–water partition coefficient (Wildman–Crippen LogP) is 1.90. The van der Waals surface area contributed by atoms with E-state index in [2.05, 4.69) is 0 Å². The molecule has 8 nitrogen and oxygen atoms in total. The van der Waals surface area contributed by atoms with Gasteiger partial charge in [0.1, 0.15) is 6.61 Å². The molecular formula is C20H14N2O6. The monoisotopic (exact) mass is 378 g/mol. The third kappa shape index (κ3) is 1.95. The molecule has 0 radical (unpaired) electrons. The van der Waals surface area contributed by atoms with E-state index < -0.39 is 12.1 Å². The van der Waals surface area contributed by atoms with E-state index in [1.165, 1.54) is 7.11 Å².